The van der Waals surface area contributed by atoms with E-state index in [1.54, 1.807) is 11.8 Å². The van der Waals surface area contributed by atoms with Gasteiger partial charge >= 0.3 is 0 Å². The Hall–Kier alpha value is -1.00. The van der Waals surface area contributed by atoms with Gasteiger partial charge in [0.2, 0.25) is 5.91 Å². The van der Waals surface area contributed by atoms with Crippen LogP contribution in [0, 0.1) is 6.92 Å². The van der Waals surface area contributed by atoms with Gasteiger partial charge in [0.1, 0.15) is 0 Å². The quantitative estimate of drug-likeness (QED) is 0.746. The molecule has 3 nitrogen and oxygen atoms in total. The minimum absolute atomic E-state index is 0.00729. The summed E-state index contributed by atoms with van der Waals surface area (Å²) in [4.78, 5) is 12.8. The highest BCUT2D eigenvalue weighted by Crippen LogP contribution is 2.18. The molecule has 0 aliphatic carbocycles. The largest absolute Gasteiger partial charge is 0.394 e. The third-order valence-corrected chi connectivity index (χ3v) is 3.71. The minimum atomic E-state index is -0.109. The molecule has 0 unspecified atom stereocenters. The van der Waals surface area contributed by atoms with Crippen LogP contribution in [0.15, 0.2) is 29.2 Å². The molecule has 18 heavy (non-hydrogen) atoms. The molecule has 0 spiro atoms. The van der Waals surface area contributed by atoms with Crippen LogP contribution in [0.3, 0.4) is 0 Å². The van der Waals surface area contributed by atoms with E-state index in [0.29, 0.717) is 6.42 Å². The summed E-state index contributed by atoms with van der Waals surface area (Å²) >= 11 is 1.68. The summed E-state index contributed by atoms with van der Waals surface area (Å²) < 4.78 is 0. The number of hydrogen-bond donors (Lipinski definition) is 2. The van der Waals surface area contributed by atoms with E-state index in [-0.39, 0.29) is 18.6 Å². The Bertz CT molecular complexity index is 361. The van der Waals surface area contributed by atoms with Crippen molar-refractivity contribution in [3.8, 4) is 0 Å². The number of carbonyl (C=O) groups is 1. The van der Waals surface area contributed by atoms with Crippen LogP contribution in [-0.4, -0.2) is 29.4 Å². The first-order valence-electron chi connectivity index (χ1n) is 6.25. The molecule has 0 aliphatic rings. The molecule has 1 atom stereocenters. The van der Waals surface area contributed by atoms with E-state index in [9.17, 15) is 4.79 Å². The summed E-state index contributed by atoms with van der Waals surface area (Å²) in [6.07, 6.45) is 1.24. The second-order valence-corrected chi connectivity index (χ2v) is 5.44. The number of aliphatic hydroxyl groups is 1. The van der Waals surface area contributed by atoms with Crippen molar-refractivity contribution >= 4 is 17.7 Å². The first kappa shape index (κ1) is 15.1. The van der Waals surface area contributed by atoms with Gasteiger partial charge in [0, 0.05) is 17.1 Å². The van der Waals surface area contributed by atoms with Crippen molar-refractivity contribution in [2.75, 3.05) is 12.4 Å². The van der Waals surface area contributed by atoms with Crippen LogP contribution in [0.4, 0.5) is 0 Å². The SMILES string of the molecule is CC[C@@H](CO)NC(=O)CCSc1ccc(C)cc1. The molecule has 0 saturated carbocycles. The molecular formula is C14H21NO2S. The lowest BCUT2D eigenvalue weighted by molar-refractivity contribution is -0.121. The smallest absolute Gasteiger partial charge is 0.221 e. The fraction of sp³-hybridized carbons (Fsp3) is 0.500. The predicted octanol–water partition coefficient (Wildman–Crippen LogP) is 2.36. The topological polar surface area (TPSA) is 49.3 Å². The van der Waals surface area contributed by atoms with Crippen molar-refractivity contribution < 1.29 is 9.90 Å². The molecule has 1 aromatic rings. The maximum Gasteiger partial charge on any atom is 0.221 e. The number of hydrogen-bond acceptors (Lipinski definition) is 3. The summed E-state index contributed by atoms with van der Waals surface area (Å²) in [7, 11) is 0. The highest BCUT2D eigenvalue weighted by Gasteiger charge is 2.08. The number of thioether (sulfide) groups is 1. The second-order valence-electron chi connectivity index (χ2n) is 4.27. The number of benzene rings is 1. The Morgan fingerprint density at radius 2 is 2.06 bits per heavy atom. The lowest BCUT2D eigenvalue weighted by atomic mass is 10.2. The molecule has 0 fully saturated rings. The van der Waals surface area contributed by atoms with Crippen molar-refractivity contribution in [3.05, 3.63) is 29.8 Å². The molecule has 100 valence electrons. The monoisotopic (exact) mass is 267 g/mol. The zero-order chi connectivity index (χ0) is 13.4. The van der Waals surface area contributed by atoms with Crippen molar-refractivity contribution in [2.24, 2.45) is 0 Å². The van der Waals surface area contributed by atoms with E-state index < -0.39 is 0 Å². The van der Waals surface area contributed by atoms with Crippen molar-refractivity contribution in [1.82, 2.24) is 5.32 Å². The van der Waals surface area contributed by atoms with Crippen LogP contribution in [0.1, 0.15) is 25.3 Å². The van der Waals surface area contributed by atoms with Crippen LogP contribution in [0.25, 0.3) is 0 Å². The number of amides is 1. The molecule has 0 aliphatic heterocycles. The maximum absolute atomic E-state index is 11.6. The fourth-order valence-corrected chi connectivity index (χ4v) is 2.32. The average molecular weight is 267 g/mol. The van der Waals surface area contributed by atoms with Crippen molar-refractivity contribution in [1.29, 1.82) is 0 Å². The molecular weight excluding hydrogens is 246 g/mol. The highest BCUT2D eigenvalue weighted by atomic mass is 32.2. The van der Waals surface area contributed by atoms with Gasteiger partial charge in [-0.2, -0.15) is 0 Å². The predicted molar refractivity (Wildman–Crippen MR) is 75.8 cm³/mol. The average Bonchev–Trinajstić information content (AvgIpc) is 2.38. The number of nitrogens with one attached hydrogen (secondary N) is 1. The van der Waals surface area contributed by atoms with E-state index in [1.165, 1.54) is 10.5 Å². The molecule has 0 saturated heterocycles. The van der Waals surface area contributed by atoms with Crippen LogP contribution < -0.4 is 5.32 Å². The number of aryl methyl sites for hydroxylation is 1. The van der Waals surface area contributed by atoms with E-state index in [2.05, 4.69) is 36.5 Å². The lowest BCUT2D eigenvalue weighted by Crippen LogP contribution is -2.37. The standard InChI is InChI=1S/C14H21NO2S/c1-3-12(10-16)15-14(17)8-9-18-13-6-4-11(2)5-7-13/h4-7,12,16H,3,8-10H2,1-2H3,(H,15,17)/t12-/m0/s1. The van der Waals surface area contributed by atoms with E-state index in [4.69, 9.17) is 5.11 Å². The molecule has 2 N–H and O–H groups in total. The third-order valence-electron chi connectivity index (χ3n) is 2.70. The van der Waals surface area contributed by atoms with Crippen LogP contribution in [0.2, 0.25) is 0 Å². The summed E-state index contributed by atoms with van der Waals surface area (Å²) in [5.74, 6) is 0.770. The summed E-state index contributed by atoms with van der Waals surface area (Å²) in [5, 5.41) is 11.8. The fourth-order valence-electron chi connectivity index (χ4n) is 1.47. The Kier molecular flexibility index (Phi) is 6.83. The van der Waals surface area contributed by atoms with Crippen molar-refractivity contribution in [3.63, 3.8) is 0 Å². The van der Waals surface area contributed by atoms with Crippen LogP contribution >= 0.6 is 11.8 Å². The van der Waals surface area contributed by atoms with E-state index in [0.717, 1.165) is 12.2 Å². The van der Waals surface area contributed by atoms with Gasteiger partial charge in [-0.15, -0.1) is 11.8 Å². The van der Waals surface area contributed by atoms with Gasteiger partial charge in [-0.25, -0.2) is 0 Å². The number of aliphatic hydroxyl groups excluding tert-OH is 1. The second kappa shape index (κ2) is 8.16. The highest BCUT2D eigenvalue weighted by molar-refractivity contribution is 7.99. The molecule has 1 rings (SSSR count). The Labute approximate surface area is 113 Å². The Morgan fingerprint density at radius 3 is 2.61 bits per heavy atom. The summed E-state index contributed by atoms with van der Waals surface area (Å²) in [6.45, 7) is 4.01. The summed E-state index contributed by atoms with van der Waals surface area (Å²) in [5.41, 5.74) is 1.24. The van der Waals surface area contributed by atoms with Gasteiger partial charge in [-0.1, -0.05) is 24.6 Å². The van der Waals surface area contributed by atoms with Gasteiger partial charge in [-0.05, 0) is 25.5 Å². The van der Waals surface area contributed by atoms with Gasteiger partial charge in [0.15, 0.2) is 0 Å². The molecule has 1 amide bonds. The van der Waals surface area contributed by atoms with Crippen LogP contribution in [0.5, 0.6) is 0 Å². The lowest BCUT2D eigenvalue weighted by Gasteiger charge is -2.13. The summed E-state index contributed by atoms with van der Waals surface area (Å²) in [6, 6.07) is 8.17. The molecule has 1 aromatic carbocycles. The molecule has 4 heteroatoms. The molecule has 0 heterocycles. The first-order chi connectivity index (χ1) is 8.65. The molecule has 0 radical (unpaired) electrons. The van der Waals surface area contributed by atoms with E-state index in [1.807, 2.05) is 6.92 Å². The van der Waals surface area contributed by atoms with Gasteiger partial charge in [0.05, 0.1) is 12.6 Å². The first-order valence-corrected chi connectivity index (χ1v) is 7.24. The number of carbonyl (C=O) groups excluding carboxylic acids is 1. The Morgan fingerprint density at radius 1 is 1.39 bits per heavy atom. The molecule has 0 bridgehead atoms. The van der Waals surface area contributed by atoms with E-state index >= 15 is 0 Å². The van der Waals surface area contributed by atoms with Crippen molar-refractivity contribution in [2.45, 2.75) is 37.6 Å². The normalized spacial score (nSPS) is 12.2. The van der Waals surface area contributed by atoms with Gasteiger partial charge in [-0.3, -0.25) is 4.79 Å². The zero-order valence-corrected chi connectivity index (χ0v) is 11.8. The zero-order valence-electron chi connectivity index (χ0n) is 11.0. The third kappa shape index (κ3) is 5.56. The van der Waals surface area contributed by atoms with Crippen LogP contribution in [-0.2, 0) is 4.79 Å². The number of rotatable bonds is 7. The minimum Gasteiger partial charge on any atom is -0.394 e. The maximum atomic E-state index is 11.6. The Balaban J connectivity index is 2.25. The van der Waals surface area contributed by atoms with Gasteiger partial charge in [0.25, 0.3) is 0 Å². The molecule has 0 aromatic heterocycles. The van der Waals surface area contributed by atoms with Gasteiger partial charge < -0.3 is 10.4 Å².